The van der Waals surface area contributed by atoms with E-state index in [9.17, 15) is 22.4 Å². The van der Waals surface area contributed by atoms with E-state index in [2.05, 4.69) is 27.1 Å². The van der Waals surface area contributed by atoms with Gasteiger partial charge in [0.15, 0.2) is 5.82 Å². The molecule has 1 heterocycles. The van der Waals surface area contributed by atoms with Crippen molar-refractivity contribution in [2.75, 3.05) is 5.32 Å². The fraction of sp³-hybridized carbons (Fsp3) is 0.138. The van der Waals surface area contributed by atoms with Crippen molar-refractivity contribution in [3.63, 3.8) is 0 Å². The van der Waals surface area contributed by atoms with Crippen LogP contribution in [0, 0.1) is 11.7 Å². The highest BCUT2D eigenvalue weighted by molar-refractivity contribution is 6.05. The highest BCUT2D eigenvalue weighted by atomic mass is 19.4. The molecule has 0 aliphatic heterocycles. The number of carbonyl (C=O) groups is 1. The number of anilines is 1. The third-order valence-corrected chi connectivity index (χ3v) is 6.08. The molecule has 6 nitrogen and oxygen atoms in total. The first-order valence-electron chi connectivity index (χ1n) is 12.0. The van der Waals surface area contributed by atoms with Gasteiger partial charge < -0.3 is 10.1 Å². The molecule has 1 N–H and O–H groups in total. The first kappa shape index (κ1) is 25.9. The second-order valence-corrected chi connectivity index (χ2v) is 9.01. The molecule has 0 saturated heterocycles. The lowest BCUT2D eigenvalue weighted by Crippen LogP contribution is -2.17. The molecular weight excluding hydrogens is 512 g/mol. The molecule has 0 radical (unpaired) electrons. The Kier molecular flexibility index (Phi) is 7.02. The van der Waals surface area contributed by atoms with Crippen molar-refractivity contribution in [2.45, 2.75) is 19.7 Å². The Balaban J connectivity index is 1.26. The molecule has 1 amide bonds. The van der Waals surface area contributed by atoms with Crippen LogP contribution in [0.3, 0.4) is 0 Å². The van der Waals surface area contributed by atoms with E-state index in [0.717, 1.165) is 12.0 Å². The van der Waals surface area contributed by atoms with Crippen molar-refractivity contribution in [2.24, 2.45) is 5.92 Å². The van der Waals surface area contributed by atoms with E-state index in [0.29, 0.717) is 39.8 Å². The molecule has 0 bridgehead atoms. The molecule has 1 aliphatic rings. The van der Waals surface area contributed by atoms with Gasteiger partial charge in [-0.05, 0) is 84.6 Å². The maximum atomic E-state index is 14.5. The lowest BCUT2D eigenvalue weighted by Gasteiger charge is -2.14. The van der Waals surface area contributed by atoms with E-state index in [-0.39, 0.29) is 17.5 Å². The fourth-order valence-corrected chi connectivity index (χ4v) is 4.04. The number of ether oxygens (including phenoxy) is 1. The predicted octanol–water partition coefficient (Wildman–Crippen LogP) is 7.20. The summed E-state index contributed by atoms with van der Waals surface area (Å²) in [5.41, 5.74) is 3.15. The van der Waals surface area contributed by atoms with Crippen LogP contribution in [0.4, 0.5) is 23.2 Å². The second-order valence-electron chi connectivity index (χ2n) is 9.01. The molecule has 10 heteroatoms. The first-order valence-corrected chi connectivity index (χ1v) is 12.0. The minimum absolute atomic E-state index is 0.329. The van der Waals surface area contributed by atoms with Gasteiger partial charge in [0, 0.05) is 22.4 Å². The quantitative estimate of drug-likeness (QED) is 0.266. The van der Waals surface area contributed by atoms with Crippen molar-refractivity contribution < 1.29 is 27.1 Å². The standard InChI is InChI=1S/C29H22F4N4O2/c1-18-2-4-19(5-3-18)25-16-21(8-15-26(25)30)28(38)35-22-9-6-20(7-10-22)27-34-17-37(36-27)23-11-13-24(14-12-23)39-29(31,32)33/h2,4-18H,3H2,1H3,(H,35,38). The largest absolute Gasteiger partial charge is 0.573 e. The number of halogens is 4. The smallest absolute Gasteiger partial charge is 0.406 e. The molecule has 0 spiro atoms. The summed E-state index contributed by atoms with van der Waals surface area (Å²) in [5, 5.41) is 7.18. The molecule has 1 aromatic heterocycles. The minimum Gasteiger partial charge on any atom is -0.406 e. The number of hydrogen-bond donors (Lipinski definition) is 1. The highest BCUT2D eigenvalue weighted by Gasteiger charge is 2.31. The molecule has 0 fully saturated rings. The summed E-state index contributed by atoms with van der Waals surface area (Å²) in [6, 6.07) is 16.4. The average Bonchev–Trinajstić information content (AvgIpc) is 3.40. The number of hydrogen-bond acceptors (Lipinski definition) is 4. The normalized spacial score (nSPS) is 15.1. The molecule has 198 valence electrons. The van der Waals surface area contributed by atoms with Crippen LogP contribution < -0.4 is 10.1 Å². The Bertz CT molecular complexity index is 1560. The van der Waals surface area contributed by atoms with Crippen molar-refractivity contribution >= 4 is 17.2 Å². The van der Waals surface area contributed by atoms with E-state index in [1.165, 1.54) is 47.4 Å². The Morgan fingerprint density at radius 1 is 1.05 bits per heavy atom. The summed E-state index contributed by atoms with van der Waals surface area (Å²) in [6.07, 6.45) is 3.34. The van der Waals surface area contributed by atoms with E-state index in [4.69, 9.17) is 0 Å². The number of rotatable bonds is 6. The Hall–Kier alpha value is -4.73. The number of alkyl halides is 3. The first-order chi connectivity index (χ1) is 18.6. The monoisotopic (exact) mass is 534 g/mol. The maximum Gasteiger partial charge on any atom is 0.573 e. The summed E-state index contributed by atoms with van der Waals surface area (Å²) in [5.74, 6) is -0.325. The summed E-state index contributed by atoms with van der Waals surface area (Å²) >= 11 is 0. The van der Waals surface area contributed by atoms with Crippen LogP contribution in [0.2, 0.25) is 0 Å². The number of nitrogens with zero attached hydrogens (tertiary/aromatic N) is 3. The predicted molar refractivity (Wildman–Crippen MR) is 139 cm³/mol. The highest BCUT2D eigenvalue weighted by Crippen LogP contribution is 2.28. The summed E-state index contributed by atoms with van der Waals surface area (Å²) < 4.78 is 56.9. The molecular formula is C29H22F4N4O2. The molecule has 1 atom stereocenters. The summed E-state index contributed by atoms with van der Waals surface area (Å²) in [6.45, 7) is 2.08. The fourth-order valence-electron chi connectivity index (χ4n) is 4.04. The topological polar surface area (TPSA) is 69.0 Å². The van der Waals surface area contributed by atoms with Crippen LogP contribution in [-0.4, -0.2) is 27.0 Å². The molecule has 39 heavy (non-hydrogen) atoms. The van der Waals surface area contributed by atoms with Crippen molar-refractivity contribution in [1.29, 1.82) is 0 Å². The number of allylic oxidation sites excluding steroid dienone is 4. The van der Waals surface area contributed by atoms with Gasteiger partial charge >= 0.3 is 6.36 Å². The SMILES string of the molecule is CC1C=CC(c2cc(C(=O)Nc3ccc(-c4ncn(-c5ccc(OC(F)(F)F)cc5)n4)cc3)ccc2F)=CC1. The van der Waals surface area contributed by atoms with Gasteiger partial charge in [-0.15, -0.1) is 18.3 Å². The van der Waals surface area contributed by atoms with Gasteiger partial charge in [0.2, 0.25) is 0 Å². The zero-order valence-corrected chi connectivity index (χ0v) is 20.6. The maximum absolute atomic E-state index is 14.5. The Labute approximate surface area is 221 Å². The zero-order chi connectivity index (χ0) is 27.6. The van der Waals surface area contributed by atoms with E-state index in [1.54, 1.807) is 30.3 Å². The van der Waals surface area contributed by atoms with Gasteiger partial charge in [0.05, 0.1) is 5.69 Å². The van der Waals surface area contributed by atoms with E-state index in [1.807, 2.05) is 18.2 Å². The minimum atomic E-state index is -4.77. The Morgan fingerprint density at radius 3 is 2.46 bits per heavy atom. The Morgan fingerprint density at radius 2 is 1.79 bits per heavy atom. The van der Waals surface area contributed by atoms with Gasteiger partial charge in [0.1, 0.15) is 17.9 Å². The van der Waals surface area contributed by atoms with Crippen molar-refractivity contribution in [1.82, 2.24) is 14.8 Å². The van der Waals surface area contributed by atoms with E-state index < -0.39 is 6.36 Å². The lowest BCUT2D eigenvalue weighted by atomic mass is 9.93. The van der Waals surface area contributed by atoms with Crippen LogP contribution in [0.25, 0.3) is 22.6 Å². The van der Waals surface area contributed by atoms with Gasteiger partial charge in [-0.3, -0.25) is 4.79 Å². The number of carbonyl (C=O) groups excluding carboxylic acids is 1. The number of aromatic nitrogens is 3. The third kappa shape index (κ3) is 6.23. The number of nitrogens with one attached hydrogen (secondary N) is 1. The zero-order valence-electron chi connectivity index (χ0n) is 20.6. The van der Waals surface area contributed by atoms with Crippen LogP contribution in [0.5, 0.6) is 5.75 Å². The molecule has 1 unspecified atom stereocenters. The van der Waals surface area contributed by atoms with Crippen LogP contribution in [-0.2, 0) is 0 Å². The molecule has 0 saturated carbocycles. The van der Waals surface area contributed by atoms with Gasteiger partial charge in [0.25, 0.3) is 5.91 Å². The third-order valence-electron chi connectivity index (χ3n) is 6.08. The van der Waals surface area contributed by atoms with Crippen LogP contribution in [0.15, 0.2) is 91.3 Å². The second kappa shape index (κ2) is 10.6. The van der Waals surface area contributed by atoms with Gasteiger partial charge in [-0.1, -0.05) is 25.2 Å². The molecule has 5 rings (SSSR count). The van der Waals surface area contributed by atoms with Crippen molar-refractivity contribution in [3.05, 3.63) is 108 Å². The summed E-state index contributed by atoms with van der Waals surface area (Å²) in [4.78, 5) is 17.1. The number of benzene rings is 3. The van der Waals surface area contributed by atoms with Crippen molar-refractivity contribution in [3.8, 4) is 22.8 Å². The molecule has 4 aromatic rings. The van der Waals surface area contributed by atoms with Crippen LogP contribution in [0.1, 0.15) is 29.3 Å². The molecule has 1 aliphatic carbocycles. The lowest BCUT2D eigenvalue weighted by molar-refractivity contribution is -0.274. The van der Waals surface area contributed by atoms with Gasteiger partial charge in [-0.2, -0.15) is 0 Å². The molecule has 3 aromatic carbocycles. The average molecular weight is 535 g/mol. The summed E-state index contributed by atoms with van der Waals surface area (Å²) in [7, 11) is 0. The van der Waals surface area contributed by atoms with Crippen LogP contribution >= 0.6 is 0 Å². The van der Waals surface area contributed by atoms with E-state index >= 15 is 0 Å². The number of amides is 1. The van der Waals surface area contributed by atoms with Gasteiger partial charge in [-0.25, -0.2) is 14.1 Å².